The number of carboxylic acids is 1. The van der Waals surface area contributed by atoms with E-state index in [-0.39, 0.29) is 17.2 Å². The average molecular weight is 389 g/mol. The van der Waals surface area contributed by atoms with E-state index in [1.807, 2.05) is 43.3 Å². The van der Waals surface area contributed by atoms with Gasteiger partial charge in [-0.3, -0.25) is 9.59 Å². The van der Waals surface area contributed by atoms with Crippen molar-refractivity contribution in [3.8, 4) is 0 Å². The molecule has 27 heavy (non-hydrogen) atoms. The number of hydrogen-bond acceptors (Lipinski definition) is 5. The van der Waals surface area contributed by atoms with E-state index in [1.54, 1.807) is 19.9 Å². The van der Waals surface area contributed by atoms with Crippen molar-refractivity contribution in [2.75, 3.05) is 19.0 Å². The summed E-state index contributed by atoms with van der Waals surface area (Å²) in [7, 11) is 3.91. The van der Waals surface area contributed by atoms with Crippen molar-refractivity contribution in [2.24, 2.45) is 0 Å². The second-order valence-electron chi connectivity index (χ2n) is 7.40. The lowest BCUT2D eigenvalue weighted by atomic mass is 9.96. The van der Waals surface area contributed by atoms with Crippen LogP contribution in [0.3, 0.4) is 0 Å². The summed E-state index contributed by atoms with van der Waals surface area (Å²) in [6, 6.07) is 6.15. The fraction of sp³-hybridized carbons (Fsp3) is 0.421. The number of amides is 2. The molecule has 2 fully saturated rings. The molecule has 1 aromatic carbocycles. The van der Waals surface area contributed by atoms with E-state index in [1.165, 1.54) is 22.7 Å². The number of nitrogens with zero attached hydrogens (tertiary/aromatic N) is 2. The highest BCUT2D eigenvalue weighted by Gasteiger charge is 2.64. The summed E-state index contributed by atoms with van der Waals surface area (Å²) < 4.78 is -0.602. The van der Waals surface area contributed by atoms with E-state index in [0.717, 1.165) is 11.3 Å². The van der Waals surface area contributed by atoms with Gasteiger partial charge in [0.25, 0.3) is 0 Å². The highest BCUT2D eigenvalue weighted by molar-refractivity contribution is 8.01. The summed E-state index contributed by atoms with van der Waals surface area (Å²) in [6.07, 6.45) is 3.07. The summed E-state index contributed by atoms with van der Waals surface area (Å²) in [5, 5.41) is 11.8. The smallest absolute Gasteiger partial charge is 0.327 e. The first-order valence-corrected chi connectivity index (χ1v) is 9.48. The topological polar surface area (TPSA) is 90.0 Å². The van der Waals surface area contributed by atoms with Crippen molar-refractivity contribution >= 4 is 41.3 Å². The zero-order chi connectivity index (χ0) is 19.9. The number of thioether (sulfide) groups is 1. The Morgan fingerprint density at radius 2 is 1.89 bits per heavy atom. The summed E-state index contributed by atoms with van der Waals surface area (Å²) in [4.78, 5) is 39.4. The summed E-state index contributed by atoms with van der Waals surface area (Å²) in [5.74, 6) is -1.74. The molecule has 8 heteroatoms. The normalized spacial score (nSPS) is 25.9. The predicted molar refractivity (Wildman–Crippen MR) is 105 cm³/mol. The number of nitrogens with one attached hydrogen (secondary N) is 1. The highest BCUT2D eigenvalue weighted by atomic mass is 32.2. The monoisotopic (exact) mass is 389 g/mol. The highest BCUT2D eigenvalue weighted by Crippen LogP contribution is 2.50. The van der Waals surface area contributed by atoms with Gasteiger partial charge in [0.2, 0.25) is 11.8 Å². The molecule has 2 aliphatic heterocycles. The third kappa shape index (κ3) is 3.53. The van der Waals surface area contributed by atoms with Gasteiger partial charge in [0, 0.05) is 30.6 Å². The van der Waals surface area contributed by atoms with Crippen LogP contribution in [-0.2, 0) is 14.4 Å². The number of hydrogen-bond donors (Lipinski definition) is 2. The van der Waals surface area contributed by atoms with Crippen molar-refractivity contribution in [1.29, 1.82) is 0 Å². The van der Waals surface area contributed by atoms with Crippen molar-refractivity contribution in [1.82, 2.24) is 10.2 Å². The second kappa shape index (κ2) is 6.92. The Hall–Kier alpha value is -2.48. The van der Waals surface area contributed by atoms with Gasteiger partial charge in [-0.2, -0.15) is 0 Å². The largest absolute Gasteiger partial charge is 0.480 e. The van der Waals surface area contributed by atoms with Crippen LogP contribution in [0.4, 0.5) is 5.69 Å². The molecule has 0 saturated carbocycles. The molecule has 0 aromatic heterocycles. The van der Waals surface area contributed by atoms with E-state index in [4.69, 9.17) is 0 Å². The van der Waals surface area contributed by atoms with Crippen molar-refractivity contribution in [3.63, 3.8) is 0 Å². The fourth-order valence-electron chi connectivity index (χ4n) is 3.40. The zero-order valence-electron chi connectivity index (χ0n) is 15.7. The van der Waals surface area contributed by atoms with Crippen LogP contribution in [0.1, 0.15) is 19.4 Å². The van der Waals surface area contributed by atoms with Crippen LogP contribution in [-0.4, -0.2) is 64.1 Å². The van der Waals surface area contributed by atoms with Gasteiger partial charge < -0.3 is 20.2 Å². The van der Waals surface area contributed by atoms with Crippen molar-refractivity contribution < 1.29 is 19.5 Å². The van der Waals surface area contributed by atoms with E-state index in [2.05, 4.69) is 5.32 Å². The standard InChI is InChI=1S/C19H23N3O4S/c1-19(2)15(18(25)26)22-16(24)14(17(22)27-19)20-13(23)10-7-11-5-8-12(9-6-11)21(3)4/h5-10,14-15,17H,1-4H3,(H,20,23)(H,25,26)/b10-7+/t14-,15+,17-/m1/s1. The molecule has 2 saturated heterocycles. The molecule has 3 atom stereocenters. The molecule has 0 unspecified atom stereocenters. The first-order chi connectivity index (χ1) is 12.6. The lowest BCUT2D eigenvalue weighted by Gasteiger charge is -2.43. The third-order valence-corrected chi connectivity index (χ3v) is 6.38. The molecule has 2 N–H and O–H groups in total. The van der Waals surface area contributed by atoms with Gasteiger partial charge in [0.1, 0.15) is 17.5 Å². The van der Waals surface area contributed by atoms with Gasteiger partial charge in [-0.1, -0.05) is 12.1 Å². The maximum atomic E-state index is 12.4. The number of β-lactam (4-membered cyclic amide) rings is 1. The van der Waals surface area contributed by atoms with Gasteiger partial charge in [0.05, 0.1) is 0 Å². The first-order valence-electron chi connectivity index (χ1n) is 8.60. The molecule has 3 rings (SSSR count). The summed E-state index contributed by atoms with van der Waals surface area (Å²) in [6.45, 7) is 3.61. The van der Waals surface area contributed by atoms with Crippen LogP contribution in [0.15, 0.2) is 30.3 Å². The fourth-order valence-corrected chi connectivity index (χ4v) is 5.03. The van der Waals surface area contributed by atoms with E-state index in [9.17, 15) is 19.5 Å². The van der Waals surface area contributed by atoms with Gasteiger partial charge in [-0.25, -0.2) is 4.79 Å². The summed E-state index contributed by atoms with van der Waals surface area (Å²) >= 11 is 1.41. The molecule has 1 aromatic rings. The average Bonchev–Trinajstić information content (AvgIpc) is 2.86. The SMILES string of the molecule is CN(C)c1ccc(/C=C/C(=O)N[C@@H]2C(=O)N3[C@@H]2SC(C)(C)[C@@H]3C(=O)O)cc1. The van der Waals surface area contributed by atoms with Crippen LogP contribution in [0.5, 0.6) is 0 Å². The molecule has 2 amide bonds. The minimum absolute atomic E-state index is 0.342. The predicted octanol–water partition coefficient (Wildman–Crippen LogP) is 1.40. The minimum Gasteiger partial charge on any atom is -0.480 e. The van der Waals surface area contributed by atoms with Crippen LogP contribution in [0.2, 0.25) is 0 Å². The number of carbonyl (C=O) groups is 3. The lowest BCUT2D eigenvalue weighted by molar-refractivity contribution is -0.160. The number of carboxylic acid groups (broad SMARTS) is 1. The third-order valence-electron chi connectivity index (χ3n) is 4.81. The molecular weight excluding hydrogens is 366 g/mol. The first kappa shape index (κ1) is 19.3. The maximum Gasteiger partial charge on any atom is 0.327 e. The van der Waals surface area contributed by atoms with Gasteiger partial charge in [-0.05, 0) is 37.6 Å². The van der Waals surface area contributed by atoms with Crippen LogP contribution in [0, 0.1) is 0 Å². The number of aliphatic carboxylic acids is 1. The molecule has 0 bridgehead atoms. The molecule has 2 heterocycles. The van der Waals surface area contributed by atoms with Gasteiger partial charge in [0.15, 0.2) is 0 Å². The molecule has 0 spiro atoms. The molecule has 7 nitrogen and oxygen atoms in total. The molecular formula is C19H23N3O4S. The molecule has 2 aliphatic rings. The zero-order valence-corrected chi connectivity index (χ0v) is 16.5. The Kier molecular flexibility index (Phi) is 4.94. The minimum atomic E-state index is -1.02. The molecule has 0 radical (unpaired) electrons. The van der Waals surface area contributed by atoms with E-state index in [0.29, 0.717) is 0 Å². The van der Waals surface area contributed by atoms with Crippen LogP contribution < -0.4 is 10.2 Å². The van der Waals surface area contributed by atoms with Crippen LogP contribution in [0.25, 0.3) is 6.08 Å². The van der Waals surface area contributed by atoms with Gasteiger partial charge in [-0.15, -0.1) is 11.8 Å². The Labute approximate surface area is 162 Å². The number of carbonyl (C=O) groups excluding carboxylic acids is 2. The number of benzene rings is 1. The quantitative estimate of drug-likeness (QED) is 0.584. The number of fused-ring (bicyclic) bond motifs is 1. The Morgan fingerprint density at radius 1 is 1.26 bits per heavy atom. The van der Waals surface area contributed by atoms with Crippen molar-refractivity contribution in [2.45, 2.75) is 36.1 Å². The van der Waals surface area contributed by atoms with Gasteiger partial charge >= 0.3 is 5.97 Å². The Morgan fingerprint density at radius 3 is 2.44 bits per heavy atom. The number of anilines is 1. The van der Waals surface area contributed by atoms with E-state index < -0.39 is 22.8 Å². The summed E-state index contributed by atoms with van der Waals surface area (Å²) in [5.41, 5.74) is 1.94. The van der Waals surface area contributed by atoms with Crippen molar-refractivity contribution in [3.05, 3.63) is 35.9 Å². The second-order valence-corrected chi connectivity index (χ2v) is 9.17. The Balaban J connectivity index is 1.62. The molecule has 144 valence electrons. The molecule has 0 aliphatic carbocycles. The Bertz CT molecular complexity index is 804. The van der Waals surface area contributed by atoms with E-state index >= 15 is 0 Å². The van der Waals surface area contributed by atoms with Crippen LogP contribution >= 0.6 is 11.8 Å². The maximum absolute atomic E-state index is 12.4. The number of rotatable bonds is 5. The lowest BCUT2D eigenvalue weighted by Crippen LogP contribution is -2.70.